The molecule has 1 saturated heterocycles. The van der Waals surface area contributed by atoms with Crippen LogP contribution >= 0.6 is 12.4 Å². The van der Waals surface area contributed by atoms with Crippen LogP contribution < -0.4 is 10.6 Å². The van der Waals surface area contributed by atoms with Crippen molar-refractivity contribution in [1.29, 1.82) is 0 Å². The third-order valence-electron chi connectivity index (χ3n) is 3.40. The van der Waals surface area contributed by atoms with Gasteiger partial charge in [0, 0.05) is 31.1 Å². The number of ether oxygens (including phenoxy) is 1. The molecule has 1 unspecified atom stereocenters. The number of amides is 1. The van der Waals surface area contributed by atoms with E-state index in [2.05, 4.69) is 10.6 Å². The Hall–Kier alpha value is -1.31. The third-order valence-corrected chi connectivity index (χ3v) is 3.40. The van der Waals surface area contributed by atoms with Crippen LogP contribution in [0.2, 0.25) is 0 Å². The maximum absolute atomic E-state index is 12.3. The zero-order chi connectivity index (χ0) is 16.0. The van der Waals surface area contributed by atoms with E-state index in [9.17, 15) is 18.0 Å². The number of benzene rings is 1. The molecular formula is C15H20ClF3N2O2. The fourth-order valence-electron chi connectivity index (χ4n) is 2.31. The van der Waals surface area contributed by atoms with E-state index in [1.54, 1.807) is 24.3 Å². The Labute approximate surface area is 139 Å². The highest BCUT2D eigenvalue weighted by atomic mass is 35.5. The van der Waals surface area contributed by atoms with Gasteiger partial charge in [-0.05, 0) is 18.1 Å². The van der Waals surface area contributed by atoms with Crippen LogP contribution in [0.25, 0.3) is 0 Å². The zero-order valence-corrected chi connectivity index (χ0v) is 13.3. The number of aryl methyl sites for hydroxylation is 1. The molecule has 1 aromatic rings. The van der Waals surface area contributed by atoms with Crippen molar-refractivity contribution >= 4 is 24.0 Å². The number of morpholine rings is 1. The van der Waals surface area contributed by atoms with Gasteiger partial charge in [0.1, 0.15) is 0 Å². The van der Waals surface area contributed by atoms with E-state index < -0.39 is 12.6 Å². The first-order valence-corrected chi connectivity index (χ1v) is 7.20. The summed E-state index contributed by atoms with van der Waals surface area (Å²) < 4.78 is 42.3. The number of nitrogens with one attached hydrogen (secondary N) is 2. The molecule has 130 valence electrons. The number of para-hydroxylation sites is 1. The lowest BCUT2D eigenvalue weighted by molar-refractivity contribution is -0.133. The summed E-state index contributed by atoms with van der Waals surface area (Å²) in [5.74, 6) is -0.234. The fourth-order valence-corrected chi connectivity index (χ4v) is 2.31. The van der Waals surface area contributed by atoms with Gasteiger partial charge in [-0.15, -0.1) is 12.4 Å². The molecule has 1 atom stereocenters. The predicted molar refractivity (Wildman–Crippen MR) is 83.9 cm³/mol. The van der Waals surface area contributed by atoms with Gasteiger partial charge in [0.2, 0.25) is 5.91 Å². The van der Waals surface area contributed by atoms with Crippen molar-refractivity contribution in [1.82, 2.24) is 5.32 Å². The molecule has 2 N–H and O–H groups in total. The quantitative estimate of drug-likeness (QED) is 0.856. The van der Waals surface area contributed by atoms with Gasteiger partial charge in [-0.2, -0.15) is 13.2 Å². The third kappa shape index (κ3) is 7.20. The molecular weight excluding hydrogens is 333 g/mol. The Bertz CT molecular complexity index is 506. The van der Waals surface area contributed by atoms with Gasteiger partial charge in [-0.1, -0.05) is 18.2 Å². The van der Waals surface area contributed by atoms with Crippen molar-refractivity contribution < 1.29 is 22.7 Å². The molecule has 0 spiro atoms. The Balaban J connectivity index is 0.00000264. The van der Waals surface area contributed by atoms with Crippen LogP contribution in [0.4, 0.5) is 18.9 Å². The Morgan fingerprint density at radius 1 is 1.35 bits per heavy atom. The summed E-state index contributed by atoms with van der Waals surface area (Å²) in [6.45, 7) is 1.78. The molecule has 1 aliphatic heterocycles. The van der Waals surface area contributed by atoms with Crippen molar-refractivity contribution in [3.05, 3.63) is 29.8 Å². The molecule has 1 aromatic carbocycles. The van der Waals surface area contributed by atoms with Gasteiger partial charge in [0.25, 0.3) is 0 Å². The lowest BCUT2D eigenvalue weighted by Crippen LogP contribution is -2.43. The van der Waals surface area contributed by atoms with E-state index >= 15 is 0 Å². The highest BCUT2D eigenvalue weighted by Gasteiger charge is 2.27. The topological polar surface area (TPSA) is 50.4 Å². The molecule has 8 heteroatoms. The van der Waals surface area contributed by atoms with Gasteiger partial charge in [-0.25, -0.2) is 0 Å². The van der Waals surface area contributed by atoms with Crippen LogP contribution in [0.3, 0.4) is 0 Å². The van der Waals surface area contributed by atoms with Crippen LogP contribution in [-0.4, -0.2) is 37.9 Å². The SMILES string of the molecule is Cl.O=C(CC1COCCN1)Nc1ccccc1CCC(F)(F)F. The summed E-state index contributed by atoms with van der Waals surface area (Å²) in [4.78, 5) is 12.0. The van der Waals surface area contributed by atoms with E-state index in [0.717, 1.165) is 0 Å². The number of carbonyl (C=O) groups excluding carboxylic acids is 1. The largest absolute Gasteiger partial charge is 0.389 e. The number of halogens is 4. The second-order valence-corrected chi connectivity index (χ2v) is 5.25. The molecule has 0 bridgehead atoms. The highest BCUT2D eigenvalue weighted by Crippen LogP contribution is 2.25. The summed E-state index contributed by atoms with van der Waals surface area (Å²) in [6, 6.07) is 6.51. The summed E-state index contributed by atoms with van der Waals surface area (Å²) in [5, 5.41) is 5.85. The standard InChI is InChI=1S/C15H19F3N2O2.ClH/c16-15(17,18)6-5-11-3-1-2-4-13(11)20-14(21)9-12-10-22-8-7-19-12;/h1-4,12,19H,5-10H2,(H,20,21);1H. The van der Waals surface area contributed by atoms with Gasteiger partial charge in [-0.3, -0.25) is 4.79 Å². The van der Waals surface area contributed by atoms with Crippen LogP contribution in [0, 0.1) is 0 Å². The second-order valence-electron chi connectivity index (χ2n) is 5.25. The molecule has 0 saturated carbocycles. The molecule has 2 rings (SSSR count). The van der Waals surface area contributed by atoms with E-state index in [1.165, 1.54) is 0 Å². The Morgan fingerprint density at radius 2 is 2.09 bits per heavy atom. The molecule has 0 aliphatic carbocycles. The number of carbonyl (C=O) groups is 1. The Kier molecular flexibility index (Phi) is 7.81. The number of rotatable bonds is 5. The minimum Gasteiger partial charge on any atom is -0.378 e. The number of alkyl halides is 3. The molecule has 23 heavy (non-hydrogen) atoms. The summed E-state index contributed by atoms with van der Waals surface area (Å²) >= 11 is 0. The van der Waals surface area contributed by atoms with Crippen LogP contribution in [0.5, 0.6) is 0 Å². The van der Waals surface area contributed by atoms with Crippen molar-refractivity contribution in [3.63, 3.8) is 0 Å². The fraction of sp³-hybridized carbons (Fsp3) is 0.533. The van der Waals surface area contributed by atoms with Crippen LogP contribution in [0.15, 0.2) is 24.3 Å². The Morgan fingerprint density at radius 3 is 2.74 bits per heavy atom. The van der Waals surface area contributed by atoms with Gasteiger partial charge >= 0.3 is 6.18 Å². The van der Waals surface area contributed by atoms with E-state index in [1.807, 2.05) is 0 Å². The van der Waals surface area contributed by atoms with Crippen molar-refractivity contribution in [2.75, 3.05) is 25.1 Å². The number of hydrogen-bond acceptors (Lipinski definition) is 3. The maximum Gasteiger partial charge on any atom is 0.389 e. The molecule has 1 heterocycles. The van der Waals surface area contributed by atoms with Crippen LogP contribution in [0.1, 0.15) is 18.4 Å². The number of hydrogen-bond donors (Lipinski definition) is 2. The average molecular weight is 353 g/mol. The summed E-state index contributed by atoms with van der Waals surface area (Å²) in [6.07, 6.45) is -5.03. The van der Waals surface area contributed by atoms with Gasteiger partial charge in [0.05, 0.1) is 13.2 Å². The molecule has 0 aromatic heterocycles. The first-order valence-electron chi connectivity index (χ1n) is 7.20. The maximum atomic E-state index is 12.3. The molecule has 1 amide bonds. The molecule has 0 radical (unpaired) electrons. The normalized spacial score (nSPS) is 18.1. The molecule has 4 nitrogen and oxygen atoms in total. The van der Waals surface area contributed by atoms with Gasteiger partial charge in [0.15, 0.2) is 0 Å². The first-order chi connectivity index (χ1) is 10.4. The monoisotopic (exact) mass is 352 g/mol. The predicted octanol–water partition coefficient (Wildman–Crippen LogP) is 2.92. The smallest absolute Gasteiger partial charge is 0.378 e. The average Bonchev–Trinajstić information content (AvgIpc) is 2.46. The minimum absolute atomic E-state index is 0. The van der Waals surface area contributed by atoms with Crippen molar-refractivity contribution in [3.8, 4) is 0 Å². The zero-order valence-electron chi connectivity index (χ0n) is 12.5. The summed E-state index contributed by atoms with van der Waals surface area (Å²) in [5.41, 5.74) is 0.925. The molecule has 1 aliphatic rings. The number of anilines is 1. The van der Waals surface area contributed by atoms with E-state index in [0.29, 0.717) is 31.0 Å². The second kappa shape index (κ2) is 9.10. The van der Waals surface area contributed by atoms with Crippen LogP contribution in [-0.2, 0) is 16.0 Å². The van der Waals surface area contributed by atoms with Crippen molar-refractivity contribution in [2.24, 2.45) is 0 Å². The van der Waals surface area contributed by atoms with Crippen molar-refractivity contribution in [2.45, 2.75) is 31.5 Å². The summed E-state index contributed by atoms with van der Waals surface area (Å²) in [7, 11) is 0. The van der Waals surface area contributed by atoms with E-state index in [4.69, 9.17) is 4.74 Å². The van der Waals surface area contributed by atoms with Gasteiger partial charge < -0.3 is 15.4 Å². The highest BCUT2D eigenvalue weighted by molar-refractivity contribution is 5.91. The molecule has 1 fully saturated rings. The van der Waals surface area contributed by atoms with E-state index in [-0.39, 0.29) is 37.2 Å². The lowest BCUT2D eigenvalue weighted by atomic mass is 10.1. The first kappa shape index (κ1) is 19.7. The minimum atomic E-state index is -4.21. The lowest BCUT2D eigenvalue weighted by Gasteiger charge is -2.23.